The minimum Gasteiger partial charge on any atom is -0.355 e. The summed E-state index contributed by atoms with van der Waals surface area (Å²) in [6.45, 7) is 1.87. The predicted octanol–water partition coefficient (Wildman–Crippen LogP) is 4.06. The summed E-state index contributed by atoms with van der Waals surface area (Å²) in [4.78, 5) is 26.5. The molecule has 0 aromatic heterocycles. The van der Waals surface area contributed by atoms with Crippen molar-refractivity contribution in [2.75, 3.05) is 13.1 Å². The number of nitrogens with one attached hydrogen (secondary N) is 1. The van der Waals surface area contributed by atoms with Crippen LogP contribution >= 0.6 is 0 Å². The monoisotopic (exact) mass is 398 g/mol. The molecule has 3 aromatic carbocycles. The van der Waals surface area contributed by atoms with Gasteiger partial charge < -0.3 is 10.2 Å². The van der Waals surface area contributed by atoms with Crippen LogP contribution in [0.4, 0.5) is 0 Å². The van der Waals surface area contributed by atoms with E-state index in [1.54, 1.807) is 0 Å². The molecule has 152 valence electrons. The molecule has 30 heavy (non-hydrogen) atoms. The van der Waals surface area contributed by atoms with Gasteiger partial charge in [-0.2, -0.15) is 0 Å². The van der Waals surface area contributed by atoms with Crippen molar-refractivity contribution >= 4 is 11.8 Å². The molecule has 1 aliphatic heterocycles. The van der Waals surface area contributed by atoms with Crippen LogP contribution in [0.3, 0.4) is 0 Å². The maximum atomic E-state index is 12.4. The number of hydrogen-bond donors (Lipinski definition) is 1. The van der Waals surface area contributed by atoms with E-state index in [1.807, 2.05) is 65.6 Å². The third-order valence-electron chi connectivity index (χ3n) is 5.52. The Hall–Kier alpha value is -3.40. The molecule has 0 spiro atoms. The van der Waals surface area contributed by atoms with Crippen LogP contribution in [-0.2, 0) is 22.6 Å². The molecule has 0 bridgehead atoms. The third-order valence-corrected chi connectivity index (χ3v) is 5.52. The molecule has 3 aromatic rings. The lowest BCUT2D eigenvalue weighted by atomic mass is 10.0. The van der Waals surface area contributed by atoms with Crippen molar-refractivity contribution in [2.45, 2.75) is 19.4 Å². The van der Waals surface area contributed by atoms with E-state index in [0.717, 1.165) is 16.7 Å². The second kappa shape index (κ2) is 9.40. The van der Waals surface area contributed by atoms with Gasteiger partial charge in [0.15, 0.2) is 0 Å². The van der Waals surface area contributed by atoms with E-state index in [0.29, 0.717) is 32.5 Å². The largest absolute Gasteiger partial charge is 0.355 e. The summed E-state index contributed by atoms with van der Waals surface area (Å²) in [5, 5.41) is 3.01. The van der Waals surface area contributed by atoms with Crippen LogP contribution in [0.5, 0.6) is 0 Å². The third kappa shape index (κ3) is 5.15. The molecule has 1 heterocycles. The van der Waals surface area contributed by atoms with Crippen LogP contribution in [0.15, 0.2) is 84.9 Å². The topological polar surface area (TPSA) is 49.4 Å². The number of carbonyl (C=O) groups is 2. The van der Waals surface area contributed by atoms with E-state index >= 15 is 0 Å². The fourth-order valence-corrected chi connectivity index (χ4v) is 3.90. The molecular weight excluding hydrogens is 372 g/mol. The van der Waals surface area contributed by atoms with Crippen LogP contribution in [0, 0.1) is 5.92 Å². The quantitative estimate of drug-likeness (QED) is 0.652. The van der Waals surface area contributed by atoms with Crippen molar-refractivity contribution in [2.24, 2.45) is 5.92 Å². The van der Waals surface area contributed by atoms with Crippen molar-refractivity contribution in [1.82, 2.24) is 10.2 Å². The summed E-state index contributed by atoms with van der Waals surface area (Å²) in [5.41, 5.74) is 4.43. The van der Waals surface area contributed by atoms with Gasteiger partial charge in [0.05, 0.1) is 6.42 Å². The normalized spacial score (nSPS) is 15.9. The zero-order valence-corrected chi connectivity index (χ0v) is 17.0. The van der Waals surface area contributed by atoms with E-state index in [4.69, 9.17) is 0 Å². The Labute approximate surface area is 177 Å². The average Bonchev–Trinajstić information content (AvgIpc) is 3.13. The lowest BCUT2D eigenvalue weighted by molar-refractivity contribution is -0.128. The summed E-state index contributed by atoms with van der Waals surface area (Å²) in [6, 6.07) is 28.3. The van der Waals surface area contributed by atoms with Crippen molar-refractivity contribution in [3.8, 4) is 11.1 Å². The van der Waals surface area contributed by atoms with E-state index in [9.17, 15) is 9.59 Å². The number of likely N-dealkylation sites (tertiary alicyclic amines) is 1. The molecule has 1 N–H and O–H groups in total. The zero-order chi connectivity index (χ0) is 20.8. The van der Waals surface area contributed by atoms with Gasteiger partial charge in [-0.3, -0.25) is 9.59 Å². The molecule has 1 unspecified atom stereocenters. The molecule has 1 saturated heterocycles. The van der Waals surface area contributed by atoms with Gasteiger partial charge in [0, 0.05) is 32.0 Å². The maximum Gasteiger partial charge on any atom is 0.224 e. The number of rotatable bonds is 7. The molecule has 4 nitrogen and oxygen atoms in total. The SMILES string of the molecule is O=C(Cc1ccc(-c2ccccc2)cc1)NCC1CC(=O)N(Cc2ccccc2)C1. The average molecular weight is 399 g/mol. The van der Waals surface area contributed by atoms with E-state index in [-0.39, 0.29) is 17.7 Å². The van der Waals surface area contributed by atoms with Crippen molar-refractivity contribution < 1.29 is 9.59 Å². The van der Waals surface area contributed by atoms with E-state index in [1.165, 1.54) is 5.56 Å². The summed E-state index contributed by atoms with van der Waals surface area (Å²) in [7, 11) is 0. The highest BCUT2D eigenvalue weighted by atomic mass is 16.2. The summed E-state index contributed by atoms with van der Waals surface area (Å²) in [5.74, 6) is 0.330. The lowest BCUT2D eigenvalue weighted by Crippen LogP contribution is -2.32. The molecule has 1 aliphatic rings. The highest BCUT2D eigenvalue weighted by Crippen LogP contribution is 2.21. The molecule has 4 rings (SSSR count). The smallest absolute Gasteiger partial charge is 0.224 e. The first-order chi connectivity index (χ1) is 14.7. The molecule has 2 amide bonds. The predicted molar refractivity (Wildman–Crippen MR) is 119 cm³/mol. The van der Waals surface area contributed by atoms with Gasteiger partial charge in [-0.1, -0.05) is 84.9 Å². The van der Waals surface area contributed by atoms with Crippen LogP contribution in [0.1, 0.15) is 17.5 Å². The Balaban J connectivity index is 1.24. The van der Waals surface area contributed by atoms with Crippen LogP contribution in [0.25, 0.3) is 11.1 Å². The zero-order valence-electron chi connectivity index (χ0n) is 17.0. The lowest BCUT2D eigenvalue weighted by Gasteiger charge is -2.17. The molecule has 1 atom stereocenters. The Morgan fingerprint density at radius 3 is 2.17 bits per heavy atom. The molecule has 4 heteroatoms. The highest BCUT2D eigenvalue weighted by molar-refractivity contribution is 5.80. The standard InChI is InChI=1S/C26H26N2O2/c29-25(15-20-11-13-24(14-12-20)23-9-5-2-6-10-23)27-17-22-16-26(30)28(19-22)18-21-7-3-1-4-8-21/h1-14,22H,15-19H2,(H,27,29). The Morgan fingerprint density at radius 2 is 1.47 bits per heavy atom. The number of benzene rings is 3. The van der Waals surface area contributed by atoms with Gasteiger partial charge in [-0.15, -0.1) is 0 Å². The van der Waals surface area contributed by atoms with Crippen LogP contribution in [0.2, 0.25) is 0 Å². The highest BCUT2D eigenvalue weighted by Gasteiger charge is 2.29. The number of hydrogen-bond acceptors (Lipinski definition) is 2. The van der Waals surface area contributed by atoms with Crippen molar-refractivity contribution in [3.63, 3.8) is 0 Å². The number of nitrogens with zero attached hydrogens (tertiary/aromatic N) is 1. The fraction of sp³-hybridized carbons (Fsp3) is 0.231. The van der Waals surface area contributed by atoms with Crippen molar-refractivity contribution in [1.29, 1.82) is 0 Å². The van der Waals surface area contributed by atoms with Crippen LogP contribution < -0.4 is 5.32 Å². The first kappa shape index (κ1) is 19.9. The van der Waals surface area contributed by atoms with Gasteiger partial charge in [-0.05, 0) is 22.3 Å². The van der Waals surface area contributed by atoms with Gasteiger partial charge in [0.25, 0.3) is 0 Å². The molecular formula is C26H26N2O2. The summed E-state index contributed by atoms with van der Waals surface area (Å²) < 4.78 is 0. The van der Waals surface area contributed by atoms with Crippen LogP contribution in [-0.4, -0.2) is 29.8 Å². The Morgan fingerprint density at radius 1 is 0.833 bits per heavy atom. The maximum absolute atomic E-state index is 12.4. The minimum atomic E-state index is -0.00332. The van der Waals surface area contributed by atoms with Crippen molar-refractivity contribution in [3.05, 3.63) is 96.1 Å². The molecule has 0 aliphatic carbocycles. The fourth-order valence-electron chi connectivity index (χ4n) is 3.90. The Kier molecular flexibility index (Phi) is 6.23. The minimum absolute atomic E-state index is 0.00332. The van der Waals surface area contributed by atoms with Gasteiger partial charge >= 0.3 is 0 Å². The summed E-state index contributed by atoms with van der Waals surface area (Å²) >= 11 is 0. The summed E-state index contributed by atoms with van der Waals surface area (Å²) in [6.07, 6.45) is 0.850. The van der Waals surface area contributed by atoms with Gasteiger partial charge in [0.1, 0.15) is 0 Å². The van der Waals surface area contributed by atoms with E-state index < -0.39 is 0 Å². The molecule has 1 fully saturated rings. The second-order valence-electron chi connectivity index (χ2n) is 7.87. The number of carbonyl (C=O) groups excluding carboxylic acids is 2. The molecule has 0 saturated carbocycles. The second-order valence-corrected chi connectivity index (χ2v) is 7.87. The molecule has 0 radical (unpaired) electrons. The first-order valence-corrected chi connectivity index (χ1v) is 10.4. The van der Waals surface area contributed by atoms with Gasteiger partial charge in [0.2, 0.25) is 11.8 Å². The first-order valence-electron chi connectivity index (χ1n) is 10.4. The number of amides is 2. The Bertz CT molecular complexity index is 985. The van der Waals surface area contributed by atoms with E-state index in [2.05, 4.69) is 29.6 Å². The van der Waals surface area contributed by atoms with Gasteiger partial charge in [-0.25, -0.2) is 0 Å².